The Morgan fingerprint density at radius 3 is 2.48 bits per heavy atom. The molecule has 0 radical (unpaired) electrons. The molecule has 0 aliphatic rings. The van der Waals surface area contributed by atoms with Crippen molar-refractivity contribution >= 4 is 22.4 Å². The fourth-order valence-corrected chi connectivity index (χ4v) is 2.99. The van der Waals surface area contributed by atoms with E-state index in [1.165, 1.54) is 11.1 Å². The number of ether oxygens (including phenoxy) is 1. The molecule has 0 atom stereocenters. The molecule has 2 heterocycles. The van der Waals surface area contributed by atoms with Crippen molar-refractivity contribution < 1.29 is 4.74 Å². The molecule has 0 aliphatic heterocycles. The number of anilines is 2. The van der Waals surface area contributed by atoms with Gasteiger partial charge in [-0.05, 0) is 66.1 Å². The summed E-state index contributed by atoms with van der Waals surface area (Å²) in [7, 11) is 1.68. The van der Waals surface area contributed by atoms with Crippen LogP contribution in [0, 0.1) is 0 Å². The lowest BCUT2D eigenvalue weighted by Gasteiger charge is -2.13. The molecule has 0 fully saturated rings. The van der Waals surface area contributed by atoms with E-state index in [0.717, 1.165) is 34.6 Å². The second kappa shape index (κ2) is 7.74. The summed E-state index contributed by atoms with van der Waals surface area (Å²) in [4.78, 5) is 8.83. The molecule has 0 saturated carbocycles. The normalized spacial score (nSPS) is 10.6. The van der Waals surface area contributed by atoms with E-state index in [1.54, 1.807) is 7.11 Å². The van der Waals surface area contributed by atoms with Crippen molar-refractivity contribution in [2.45, 2.75) is 6.42 Å². The van der Waals surface area contributed by atoms with Gasteiger partial charge in [-0.3, -0.25) is 15.8 Å². The molecule has 0 aliphatic carbocycles. The van der Waals surface area contributed by atoms with Crippen LogP contribution in [0.2, 0.25) is 0 Å². The third-order valence-corrected chi connectivity index (χ3v) is 4.35. The van der Waals surface area contributed by atoms with Crippen LogP contribution in [0.1, 0.15) is 11.1 Å². The predicted octanol–water partition coefficient (Wildman–Crippen LogP) is 4.67. The molecular weight excluding hydrogens is 336 g/mol. The number of rotatable bonds is 6. The van der Waals surface area contributed by atoms with E-state index in [2.05, 4.69) is 21.9 Å². The number of nitrogens with one attached hydrogen (secondary N) is 2. The van der Waals surface area contributed by atoms with Gasteiger partial charge in [0.2, 0.25) is 0 Å². The van der Waals surface area contributed by atoms with Crippen LogP contribution in [-0.2, 0) is 6.42 Å². The molecule has 5 heteroatoms. The summed E-state index contributed by atoms with van der Waals surface area (Å²) in [6.45, 7) is 0. The Balaban J connectivity index is 1.70. The summed E-state index contributed by atoms with van der Waals surface area (Å²) in [5, 5.41) is 1.08. The zero-order chi connectivity index (χ0) is 18.5. The number of para-hydroxylation sites is 1. The number of hydrazine groups is 1. The Bertz CT molecular complexity index is 1040. The van der Waals surface area contributed by atoms with E-state index < -0.39 is 0 Å². The van der Waals surface area contributed by atoms with Gasteiger partial charge in [0, 0.05) is 17.8 Å². The fraction of sp³-hybridized carbons (Fsp3) is 0.0909. The Hall–Kier alpha value is -3.60. The molecular formula is C22H20N4O. The molecule has 0 saturated heterocycles. The van der Waals surface area contributed by atoms with E-state index in [9.17, 15) is 0 Å². The van der Waals surface area contributed by atoms with Gasteiger partial charge >= 0.3 is 0 Å². The van der Waals surface area contributed by atoms with E-state index in [4.69, 9.17) is 9.72 Å². The van der Waals surface area contributed by atoms with Gasteiger partial charge in [0.25, 0.3) is 0 Å². The molecule has 0 bridgehead atoms. The van der Waals surface area contributed by atoms with Gasteiger partial charge in [-0.15, -0.1) is 0 Å². The SMILES string of the molecule is COc1ccc2nc(NNc3ccccc3)cc(Cc3ccncc3)c2c1. The molecule has 4 rings (SSSR count). The lowest BCUT2D eigenvalue weighted by Crippen LogP contribution is -2.10. The molecule has 2 aromatic carbocycles. The third kappa shape index (κ3) is 3.98. The van der Waals surface area contributed by atoms with Crippen LogP contribution in [-0.4, -0.2) is 17.1 Å². The van der Waals surface area contributed by atoms with Crippen molar-refractivity contribution in [2.24, 2.45) is 0 Å². The number of nitrogens with zero attached hydrogens (tertiary/aromatic N) is 2. The Kier molecular flexibility index (Phi) is 4.83. The van der Waals surface area contributed by atoms with Crippen LogP contribution >= 0.6 is 0 Å². The van der Waals surface area contributed by atoms with Crippen LogP contribution < -0.4 is 15.6 Å². The molecule has 0 spiro atoms. The highest BCUT2D eigenvalue weighted by molar-refractivity contribution is 5.86. The largest absolute Gasteiger partial charge is 0.497 e. The Morgan fingerprint density at radius 1 is 0.889 bits per heavy atom. The van der Waals surface area contributed by atoms with Crippen LogP contribution in [0.4, 0.5) is 11.5 Å². The first-order valence-corrected chi connectivity index (χ1v) is 8.75. The van der Waals surface area contributed by atoms with Crippen molar-refractivity contribution in [1.29, 1.82) is 0 Å². The lowest BCUT2D eigenvalue weighted by molar-refractivity contribution is 0.415. The van der Waals surface area contributed by atoms with Gasteiger partial charge in [-0.1, -0.05) is 18.2 Å². The zero-order valence-corrected chi connectivity index (χ0v) is 15.0. The molecule has 0 amide bonds. The average molecular weight is 356 g/mol. The fourth-order valence-electron chi connectivity index (χ4n) is 2.99. The maximum atomic E-state index is 5.40. The number of pyridine rings is 2. The average Bonchev–Trinajstić information content (AvgIpc) is 2.73. The van der Waals surface area contributed by atoms with Crippen molar-refractivity contribution in [3.63, 3.8) is 0 Å². The number of benzene rings is 2. The van der Waals surface area contributed by atoms with Gasteiger partial charge in [0.05, 0.1) is 18.3 Å². The van der Waals surface area contributed by atoms with Gasteiger partial charge in [0.1, 0.15) is 11.6 Å². The van der Waals surface area contributed by atoms with E-state index >= 15 is 0 Å². The van der Waals surface area contributed by atoms with E-state index in [1.807, 2.05) is 73.1 Å². The quantitative estimate of drug-likeness (QED) is 0.492. The Labute approximate surface area is 158 Å². The number of aromatic nitrogens is 2. The molecule has 2 aromatic heterocycles. The van der Waals surface area contributed by atoms with Crippen molar-refractivity contribution in [3.05, 3.63) is 90.3 Å². The standard InChI is InChI=1S/C22H20N4O/c1-27-19-7-8-21-20(15-19)17(13-16-9-11-23-12-10-16)14-22(24-21)26-25-18-5-3-2-4-6-18/h2-12,14-15,25H,13H2,1H3,(H,24,26). The van der Waals surface area contributed by atoms with Gasteiger partial charge in [-0.2, -0.15) is 0 Å². The summed E-state index contributed by atoms with van der Waals surface area (Å²) in [5.74, 6) is 1.59. The highest BCUT2D eigenvalue weighted by Crippen LogP contribution is 2.27. The topological polar surface area (TPSA) is 59.1 Å². The number of fused-ring (bicyclic) bond motifs is 1. The highest BCUT2D eigenvalue weighted by atomic mass is 16.5. The third-order valence-electron chi connectivity index (χ3n) is 4.35. The van der Waals surface area contributed by atoms with Crippen LogP contribution in [0.3, 0.4) is 0 Å². The van der Waals surface area contributed by atoms with Gasteiger partial charge < -0.3 is 4.74 Å². The molecule has 0 unspecified atom stereocenters. The van der Waals surface area contributed by atoms with Crippen molar-refractivity contribution in [2.75, 3.05) is 18.0 Å². The second-order valence-corrected chi connectivity index (χ2v) is 6.20. The number of hydrogen-bond donors (Lipinski definition) is 2. The van der Waals surface area contributed by atoms with Crippen LogP contribution in [0.15, 0.2) is 79.1 Å². The van der Waals surface area contributed by atoms with Crippen LogP contribution in [0.25, 0.3) is 10.9 Å². The zero-order valence-electron chi connectivity index (χ0n) is 15.0. The number of hydrogen-bond acceptors (Lipinski definition) is 5. The first-order chi connectivity index (χ1) is 13.3. The second-order valence-electron chi connectivity index (χ2n) is 6.20. The van der Waals surface area contributed by atoms with Gasteiger partial charge in [0.15, 0.2) is 0 Å². The monoisotopic (exact) mass is 356 g/mol. The van der Waals surface area contributed by atoms with E-state index in [0.29, 0.717) is 0 Å². The summed E-state index contributed by atoms with van der Waals surface area (Å²) in [6, 6.07) is 22.0. The Morgan fingerprint density at radius 2 is 1.70 bits per heavy atom. The molecule has 2 N–H and O–H groups in total. The predicted molar refractivity (Wildman–Crippen MR) is 109 cm³/mol. The van der Waals surface area contributed by atoms with Crippen molar-refractivity contribution in [3.8, 4) is 5.75 Å². The summed E-state index contributed by atoms with van der Waals surface area (Å²) >= 11 is 0. The minimum Gasteiger partial charge on any atom is -0.497 e. The van der Waals surface area contributed by atoms with E-state index in [-0.39, 0.29) is 0 Å². The molecule has 134 valence electrons. The summed E-state index contributed by atoms with van der Waals surface area (Å²) < 4.78 is 5.40. The first-order valence-electron chi connectivity index (χ1n) is 8.75. The van der Waals surface area contributed by atoms with Crippen LogP contribution in [0.5, 0.6) is 5.75 Å². The minimum absolute atomic E-state index is 0.764. The first kappa shape index (κ1) is 16.8. The van der Waals surface area contributed by atoms with Crippen molar-refractivity contribution in [1.82, 2.24) is 9.97 Å². The highest BCUT2D eigenvalue weighted by Gasteiger charge is 2.09. The maximum absolute atomic E-state index is 5.40. The molecule has 4 aromatic rings. The summed E-state index contributed by atoms with van der Waals surface area (Å²) in [6.07, 6.45) is 4.42. The molecule has 27 heavy (non-hydrogen) atoms. The maximum Gasteiger partial charge on any atom is 0.145 e. The molecule has 5 nitrogen and oxygen atoms in total. The summed E-state index contributed by atoms with van der Waals surface area (Å²) in [5.41, 5.74) is 10.7. The lowest BCUT2D eigenvalue weighted by atomic mass is 10.0. The van der Waals surface area contributed by atoms with Gasteiger partial charge in [-0.25, -0.2) is 4.98 Å². The number of methoxy groups -OCH3 is 1. The minimum atomic E-state index is 0.764. The smallest absolute Gasteiger partial charge is 0.145 e.